The minimum atomic E-state index is -3.44. The van der Waals surface area contributed by atoms with Crippen LogP contribution in [0, 0.1) is 27.7 Å². The molecule has 0 amide bonds. The molecule has 5 heteroatoms. The third-order valence-electron chi connectivity index (χ3n) is 5.08. The van der Waals surface area contributed by atoms with Crippen LogP contribution in [0.25, 0.3) is 0 Å². The predicted molar refractivity (Wildman–Crippen MR) is 107 cm³/mol. The quantitative estimate of drug-likeness (QED) is 0.876. The van der Waals surface area contributed by atoms with Crippen LogP contribution in [-0.4, -0.2) is 31.9 Å². The summed E-state index contributed by atoms with van der Waals surface area (Å²) in [6.45, 7) is 8.95. The van der Waals surface area contributed by atoms with Crippen molar-refractivity contribution in [2.24, 2.45) is 0 Å². The average Bonchev–Trinajstić information content (AvgIpc) is 2.56. The number of nitrogens with zero attached hydrogens (tertiary/aromatic N) is 1. The number of rotatable bonds is 4. The number of piperidine rings is 1. The molecule has 26 heavy (non-hydrogen) atoms. The molecule has 0 bridgehead atoms. The molecule has 0 radical (unpaired) electrons. The molecule has 1 aliphatic rings. The highest BCUT2D eigenvalue weighted by atomic mass is 32.2. The van der Waals surface area contributed by atoms with Gasteiger partial charge in [0.1, 0.15) is 0 Å². The van der Waals surface area contributed by atoms with Gasteiger partial charge in [0.05, 0.1) is 4.90 Å². The van der Waals surface area contributed by atoms with E-state index in [1.54, 1.807) is 4.31 Å². The van der Waals surface area contributed by atoms with Gasteiger partial charge in [0.15, 0.2) is 0 Å². The van der Waals surface area contributed by atoms with Gasteiger partial charge in [0.25, 0.3) is 0 Å². The summed E-state index contributed by atoms with van der Waals surface area (Å²) in [6, 6.07) is 12.5. The molecule has 0 saturated carbocycles. The topological polar surface area (TPSA) is 49.4 Å². The maximum atomic E-state index is 13.1. The van der Waals surface area contributed by atoms with E-state index in [0.717, 1.165) is 35.2 Å². The lowest BCUT2D eigenvalue weighted by molar-refractivity contribution is 0.329. The molecule has 0 spiro atoms. The Hall–Kier alpha value is -1.85. The lowest BCUT2D eigenvalue weighted by Gasteiger charge is -2.33. The summed E-state index contributed by atoms with van der Waals surface area (Å²) in [6.07, 6.45) is 1.63. The SMILES string of the molecule is Cc1ccc(NC2CCN(S(=O)(=O)c3c(C)cc(C)cc3C)CC2)cc1. The second-order valence-corrected chi connectivity index (χ2v) is 9.29. The molecule has 2 aromatic carbocycles. The minimum Gasteiger partial charge on any atom is -0.382 e. The van der Waals surface area contributed by atoms with Gasteiger partial charge in [-0.2, -0.15) is 4.31 Å². The first-order valence-corrected chi connectivity index (χ1v) is 10.6. The Labute approximate surface area is 157 Å². The van der Waals surface area contributed by atoms with E-state index in [2.05, 4.69) is 36.5 Å². The van der Waals surface area contributed by atoms with Gasteiger partial charge in [-0.05, 0) is 63.8 Å². The molecule has 1 N–H and O–H groups in total. The van der Waals surface area contributed by atoms with E-state index in [9.17, 15) is 8.42 Å². The van der Waals surface area contributed by atoms with Crippen molar-refractivity contribution in [3.63, 3.8) is 0 Å². The average molecular weight is 373 g/mol. The zero-order valence-electron chi connectivity index (χ0n) is 16.0. The van der Waals surface area contributed by atoms with Crippen LogP contribution in [0.2, 0.25) is 0 Å². The van der Waals surface area contributed by atoms with Gasteiger partial charge in [0.2, 0.25) is 10.0 Å². The molecule has 0 aliphatic carbocycles. The Morgan fingerprint density at radius 1 is 0.885 bits per heavy atom. The van der Waals surface area contributed by atoms with Gasteiger partial charge < -0.3 is 5.32 Å². The molecule has 1 saturated heterocycles. The number of nitrogens with one attached hydrogen (secondary N) is 1. The summed E-state index contributed by atoms with van der Waals surface area (Å²) in [5, 5.41) is 3.53. The van der Waals surface area contributed by atoms with E-state index < -0.39 is 10.0 Å². The summed E-state index contributed by atoms with van der Waals surface area (Å²) in [5.74, 6) is 0. The van der Waals surface area contributed by atoms with Crippen molar-refractivity contribution >= 4 is 15.7 Å². The van der Waals surface area contributed by atoms with E-state index in [4.69, 9.17) is 0 Å². The van der Waals surface area contributed by atoms with Crippen molar-refractivity contribution in [1.82, 2.24) is 4.31 Å². The Morgan fingerprint density at radius 2 is 1.42 bits per heavy atom. The number of benzene rings is 2. The highest BCUT2D eigenvalue weighted by molar-refractivity contribution is 7.89. The summed E-state index contributed by atoms with van der Waals surface area (Å²) >= 11 is 0. The van der Waals surface area contributed by atoms with Crippen molar-refractivity contribution in [3.8, 4) is 0 Å². The van der Waals surface area contributed by atoms with Crippen molar-refractivity contribution < 1.29 is 8.42 Å². The highest BCUT2D eigenvalue weighted by Crippen LogP contribution is 2.28. The number of aryl methyl sites for hydroxylation is 4. The molecular formula is C21H28N2O2S. The molecule has 1 heterocycles. The number of hydrogen-bond acceptors (Lipinski definition) is 3. The van der Waals surface area contributed by atoms with Crippen molar-refractivity contribution in [1.29, 1.82) is 0 Å². The summed E-state index contributed by atoms with van der Waals surface area (Å²) in [7, 11) is -3.44. The van der Waals surface area contributed by atoms with Crippen LogP contribution < -0.4 is 5.32 Å². The van der Waals surface area contributed by atoms with Crippen LogP contribution in [0.4, 0.5) is 5.69 Å². The normalized spacial score (nSPS) is 16.6. The van der Waals surface area contributed by atoms with Crippen molar-refractivity contribution in [2.75, 3.05) is 18.4 Å². The fraction of sp³-hybridized carbons (Fsp3) is 0.429. The number of anilines is 1. The maximum Gasteiger partial charge on any atom is 0.243 e. The van der Waals surface area contributed by atoms with E-state index in [0.29, 0.717) is 24.0 Å². The third kappa shape index (κ3) is 3.94. The van der Waals surface area contributed by atoms with Gasteiger partial charge >= 0.3 is 0 Å². The number of sulfonamides is 1. The van der Waals surface area contributed by atoms with Crippen LogP contribution in [0.1, 0.15) is 35.1 Å². The summed E-state index contributed by atoms with van der Waals surface area (Å²) in [5.41, 5.74) is 5.10. The molecule has 4 nitrogen and oxygen atoms in total. The van der Waals surface area contributed by atoms with Crippen molar-refractivity contribution in [2.45, 2.75) is 51.5 Å². The summed E-state index contributed by atoms with van der Waals surface area (Å²) in [4.78, 5) is 0.480. The predicted octanol–water partition coefficient (Wildman–Crippen LogP) is 4.19. The molecule has 140 valence electrons. The molecule has 3 rings (SSSR count). The van der Waals surface area contributed by atoms with E-state index in [1.165, 1.54) is 5.56 Å². The van der Waals surface area contributed by atoms with Gasteiger partial charge in [-0.15, -0.1) is 0 Å². The zero-order chi connectivity index (χ0) is 18.9. The summed E-state index contributed by atoms with van der Waals surface area (Å²) < 4.78 is 27.9. The first-order valence-electron chi connectivity index (χ1n) is 9.18. The van der Waals surface area contributed by atoms with Gasteiger partial charge in [-0.25, -0.2) is 8.42 Å². The van der Waals surface area contributed by atoms with E-state index in [1.807, 2.05) is 32.9 Å². The van der Waals surface area contributed by atoms with E-state index in [-0.39, 0.29) is 0 Å². The second kappa shape index (κ2) is 7.41. The standard InChI is InChI=1S/C21H28N2O2S/c1-15-5-7-19(8-6-15)22-20-9-11-23(12-10-20)26(24,25)21-17(3)13-16(2)14-18(21)4/h5-8,13-14,20,22H,9-12H2,1-4H3. The molecule has 1 fully saturated rings. The molecule has 0 aromatic heterocycles. The molecule has 0 atom stereocenters. The highest BCUT2D eigenvalue weighted by Gasteiger charge is 2.31. The van der Waals surface area contributed by atoms with Crippen LogP contribution in [-0.2, 0) is 10.0 Å². The van der Waals surface area contributed by atoms with E-state index >= 15 is 0 Å². The minimum absolute atomic E-state index is 0.310. The Bertz CT molecular complexity index is 858. The second-order valence-electron chi connectivity index (χ2n) is 7.42. The molecule has 1 aliphatic heterocycles. The third-order valence-corrected chi connectivity index (χ3v) is 7.28. The maximum absolute atomic E-state index is 13.1. The lowest BCUT2D eigenvalue weighted by atomic mass is 10.1. The molecule has 2 aromatic rings. The largest absolute Gasteiger partial charge is 0.382 e. The van der Waals surface area contributed by atoms with Crippen LogP contribution >= 0.6 is 0 Å². The van der Waals surface area contributed by atoms with Crippen LogP contribution in [0.5, 0.6) is 0 Å². The zero-order valence-corrected chi connectivity index (χ0v) is 16.9. The van der Waals surface area contributed by atoms with Gasteiger partial charge in [0, 0.05) is 24.8 Å². The Morgan fingerprint density at radius 3 is 1.96 bits per heavy atom. The lowest BCUT2D eigenvalue weighted by Crippen LogP contribution is -2.42. The Kier molecular flexibility index (Phi) is 5.39. The van der Waals surface area contributed by atoms with Crippen LogP contribution in [0.15, 0.2) is 41.3 Å². The van der Waals surface area contributed by atoms with Crippen molar-refractivity contribution in [3.05, 3.63) is 58.7 Å². The monoisotopic (exact) mass is 372 g/mol. The molecule has 0 unspecified atom stereocenters. The smallest absolute Gasteiger partial charge is 0.243 e. The van der Waals surface area contributed by atoms with Crippen LogP contribution in [0.3, 0.4) is 0 Å². The Balaban J connectivity index is 1.70. The first kappa shape index (κ1) is 18.9. The van der Waals surface area contributed by atoms with Gasteiger partial charge in [-0.1, -0.05) is 35.4 Å². The number of hydrogen-bond donors (Lipinski definition) is 1. The molecular weight excluding hydrogens is 344 g/mol. The first-order chi connectivity index (χ1) is 12.3. The fourth-order valence-electron chi connectivity index (χ4n) is 3.83. The fourth-order valence-corrected chi connectivity index (χ4v) is 5.71. The van der Waals surface area contributed by atoms with Gasteiger partial charge in [-0.3, -0.25) is 0 Å².